The first-order valence-corrected chi connectivity index (χ1v) is 8.38. The molecule has 2 heteroatoms. The molecule has 0 aliphatic carbocycles. The molecule has 3 rings (SSSR count). The number of nitrogens with zero attached hydrogens (tertiary/aromatic N) is 1. The predicted molar refractivity (Wildman–Crippen MR) is 83.4 cm³/mol. The number of benzene rings is 1. The van der Waals surface area contributed by atoms with Gasteiger partial charge in [0, 0.05) is 17.0 Å². The first kappa shape index (κ1) is 13.3. The average molecular weight is 273 g/mol. The van der Waals surface area contributed by atoms with Crippen LogP contribution in [0.5, 0.6) is 0 Å². The molecule has 1 aromatic rings. The predicted octanol–water partition coefficient (Wildman–Crippen LogP) is 4.70. The number of fused-ring (bicyclic) bond motifs is 1. The second-order valence-electron chi connectivity index (χ2n) is 5.64. The fraction of sp³-hybridized carbons (Fsp3) is 0.529. The van der Waals surface area contributed by atoms with Gasteiger partial charge >= 0.3 is 0 Å². The Morgan fingerprint density at radius 1 is 1.26 bits per heavy atom. The molecular formula is C17H23NS. The van der Waals surface area contributed by atoms with Crippen molar-refractivity contribution >= 4 is 11.8 Å². The normalized spacial score (nSPS) is 27.1. The summed E-state index contributed by atoms with van der Waals surface area (Å²) in [5.41, 5.74) is 0. The van der Waals surface area contributed by atoms with Gasteiger partial charge in [0.15, 0.2) is 0 Å². The van der Waals surface area contributed by atoms with Crippen LogP contribution in [-0.2, 0) is 0 Å². The highest BCUT2D eigenvalue weighted by Gasteiger charge is 2.33. The van der Waals surface area contributed by atoms with Crippen molar-refractivity contribution in [3.05, 3.63) is 41.3 Å². The number of rotatable bonds is 4. The van der Waals surface area contributed by atoms with Gasteiger partial charge in [-0.15, -0.1) is 0 Å². The van der Waals surface area contributed by atoms with E-state index in [1.807, 2.05) is 11.8 Å². The van der Waals surface area contributed by atoms with E-state index in [4.69, 9.17) is 0 Å². The molecule has 2 aliphatic heterocycles. The summed E-state index contributed by atoms with van der Waals surface area (Å²) in [6.07, 6.45) is 9.20. The Morgan fingerprint density at radius 3 is 2.89 bits per heavy atom. The van der Waals surface area contributed by atoms with Crippen molar-refractivity contribution in [3.8, 4) is 0 Å². The maximum Gasteiger partial charge on any atom is 0.0291 e. The lowest BCUT2D eigenvalue weighted by atomic mass is 10.0. The molecule has 2 heterocycles. The molecule has 0 bridgehead atoms. The first-order valence-electron chi connectivity index (χ1n) is 7.56. The average Bonchev–Trinajstić information content (AvgIpc) is 2.89. The molecule has 2 atom stereocenters. The molecule has 1 fully saturated rings. The molecule has 0 N–H and O–H groups in total. The molecule has 1 saturated heterocycles. The molecule has 0 aromatic heterocycles. The zero-order valence-electron chi connectivity index (χ0n) is 11.7. The number of thioether (sulfide) groups is 1. The van der Waals surface area contributed by atoms with Crippen molar-refractivity contribution in [2.45, 2.75) is 56.0 Å². The van der Waals surface area contributed by atoms with Crippen LogP contribution in [0.25, 0.3) is 0 Å². The zero-order chi connectivity index (χ0) is 13.1. The molecule has 1 aromatic carbocycles. The van der Waals surface area contributed by atoms with Gasteiger partial charge in [-0.1, -0.05) is 49.4 Å². The molecule has 0 saturated carbocycles. The fourth-order valence-electron chi connectivity index (χ4n) is 3.38. The minimum Gasteiger partial charge on any atom is -0.294 e. The maximum atomic E-state index is 2.75. The van der Waals surface area contributed by atoms with E-state index in [0.29, 0.717) is 6.04 Å². The number of hydrogen-bond acceptors (Lipinski definition) is 2. The van der Waals surface area contributed by atoms with Crippen molar-refractivity contribution < 1.29 is 0 Å². The zero-order valence-corrected chi connectivity index (χ0v) is 12.5. The minimum absolute atomic E-state index is 0.692. The summed E-state index contributed by atoms with van der Waals surface area (Å²) in [5, 5.41) is 0. The summed E-state index contributed by atoms with van der Waals surface area (Å²) >= 11 is 1.98. The second-order valence-corrected chi connectivity index (χ2v) is 6.84. The topological polar surface area (TPSA) is 3.24 Å². The van der Waals surface area contributed by atoms with Gasteiger partial charge in [-0.2, -0.15) is 0 Å². The van der Waals surface area contributed by atoms with Crippen LogP contribution in [0.4, 0.5) is 0 Å². The van der Waals surface area contributed by atoms with Gasteiger partial charge in [-0.05, 0) is 49.3 Å². The Kier molecular flexibility index (Phi) is 4.29. The third kappa shape index (κ3) is 3.06. The van der Waals surface area contributed by atoms with Crippen molar-refractivity contribution in [2.75, 3.05) is 6.54 Å². The van der Waals surface area contributed by atoms with E-state index >= 15 is 0 Å². The summed E-state index contributed by atoms with van der Waals surface area (Å²) in [4.78, 5) is 5.72. The van der Waals surface area contributed by atoms with E-state index in [1.165, 1.54) is 43.5 Å². The lowest BCUT2D eigenvalue weighted by molar-refractivity contribution is 0.190. The third-order valence-electron chi connectivity index (χ3n) is 4.24. The van der Waals surface area contributed by atoms with Crippen LogP contribution < -0.4 is 0 Å². The molecule has 0 unspecified atom stereocenters. The monoisotopic (exact) mass is 273 g/mol. The summed E-state index contributed by atoms with van der Waals surface area (Å²) in [6, 6.07) is 12.3. The largest absolute Gasteiger partial charge is 0.294 e. The Balaban J connectivity index is 1.75. The standard InChI is InChI=1S/C17H23NS/c1-2-7-14-12-17(13-15-8-6-11-18(14)15)19-16-9-4-3-5-10-16/h3-5,9-10,12,14-15H,2,6-8,11,13H2,1H3/t14-,15+/m1/s1. The van der Waals surface area contributed by atoms with Crippen LogP contribution in [0, 0.1) is 0 Å². The van der Waals surface area contributed by atoms with Crippen LogP contribution in [-0.4, -0.2) is 23.5 Å². The highest BCUT2D eigenvalue weighted by molar-refractivity contribution is 8.03. The molecule has 0 radical (unpaired) electrons. The van der Waals surface area contributed by atoms with E-state index in [-0.39, 0.29) is 0 Å². The van der Waals surface area contributed by atoms with Gasteiger partial charge in [0.2, 0.25) is 0 Å². The summed E-state index contributed by atoms with van der Waals surface area (Å²) in [6.45, 7) is 3.62. The van der Waals surface area contributed by atoms with Crippen LogP contribution in [0.3, 0.4) is 0 Å². The SMILES string of the molecule is CCC[C@@H]1C=C(Sc2ccccc2)C[C@@H]2CCCN21. The molecule has 2 aliphatic rings. The minimum atomic E-state index is 0.692. The smallest absolute Gasteiger partial charge is 0.0291 e. The van der Waals surface area contributed by atoms with Crippen LogP contribution >= 0.6 is 11.8 Å². The maximum absolute atomic E-state index is 2.75. The molecule has 19 heavy (non-hydrogen) atoms. The van der Waals surface area contributed by atoms with E-state index in [2.05, 4.69) is 48.2 Å². The van der Waals surface area contributed by atoms with Crippen LogP contribution in [0.1, 0.15) is 39.0 Å². The molecule has 1 nitrogen and oxygen atoms in total. The summed E-state index contributed by atoms with van der Waals surface area (Å²) in [7, 11) is 0. The van der Waals surface area contributed by atoms with Crippen molar-refractivity contribution in [3.63, 3.8) is 0 Å². The van der Waals surface area contributed by atoms with Crippen LogP contribution in [0.15, 0.2) is 46.2 Å². The van der Waals surface area contributed by atoms with E-state index in [0.717, 1.165) is 6.04 Å². The molecular weight excluding hydrogens is 250 g/mol. The van der Waals surface area contributed by atoms with E-state index < -0.39 is 0 Å². The van der Waals surface area contributed by atoms with Gasteiger partial charge in [-0.25, -0.2) is 0 Å². The Morgan fingerprint density at radius 2 is 2.11 bits per heavy atom. The Bertz CT molecular complexity index is 440. The van der Waals surface area contributed by atoms with E-state index in [1.54, 1.807) is 4.91 Å². The van der Waals surface area contributed by atoms with Crippen molar-refractivity contribution in [1.82, 2.24) is 4.90 Å². The van der Waals surface area contributed by atoms with Crippen molar-refractivity contribution in [1.29, 1.82) is 0 Å². The number of hydrogen-bond donors (Lipinski definition) is 0. The van der Waals surface area contributed by atoms with Gasteiger partial charge in [0.1, 0.15) is 0 Å². The Hall–Kier alpha value is -0.730. The van der Waals surface area contributed by atoms with E-state index in [9.17, 15) is 0 Å². The highest BCUT2D eigenvalue weighted by atomic mass is 32.2. The summed E-state index contributed by atoms with van der Waals surface area (Å²) in [5.74, 6) is 0. The van der Waals surface area contributed by atoms with Gasteiger partial charge < -0.3 is 0 Å². The van der Waals surface area contributed by atoms with Gasteiger partial charge in [0.25, 0.3) is 0 Å². The third-order valence-corrected chi connectivity index (χ3v) is 5.31. The first-order chi connectivity index (χ1) is 9.36. The second kappa shape index (κ2) is 6.15. The molecule has 0 spiro atoms. The lowest BCUT2D eigenvalue weighted by Gasteiger charge is -2.36. The quantitative estimate of drug-likeness (QED) is 0.782. The van der Waals surface area contributed by atoms with Crippen molar-refractivity contribution in [2.24, 2.45) is 0 Å². The fourth-order valence-corrected chi connectivity index (χ4v) is 4.48. The summed E-state index contributed by atoms with van der Waals surface area (Å²) < 4.78 is 0. The van der Waals surface area contributed by atoms with Gasteiger partial charge in [0.05, 0.1) is 0 Å². The molecule has 0 amide bonds. The lowest BCUT2D eigenvalue weighted by Crippen LogP contribution is -2.41. The highest BCUT2D eigenvalue weighted by Crippen LogP contribution is 2.39. The van der Waals surface area contributed by atoms with Gasteiger partial charge in [-0.3, -0.25) is 4.90 Å². The Labute approximate surface area is 121 Å². The molecule has 102 valence electrons. The van der Waals surface area contributed by atoms with Crippen LogP contribution in [0.2, 0.25) is 0 Å².